The molecule has 1 heterocycles. The first-order chi connectivity index (χ1) is 13.1. The molecule has 0 saturated heterocycles. The highest BCUT2D eigenvalue weighted by atomic mass is 35.5. The Bertz CT molecular complexity index is 1060. The van der Waals surface area contributed by atoms with Crippen molar-refractivity contribution in [2.24, 2.45) is 5.10 Å². The van der Waals surface area contributed by atoms with E-state index < -0.39 is 0 Å². The van der Waals surface area contributed by atoms with Gasteiger partial charge in [0.2, 0.25) is 5.91 Å². The Morgan fingerprint density at radius 1 is 1.07 bits per heavy atom. The van der Waals surface area contributed by atoms with Gasteiger partial charge in [0, 0.05) is 22.9 Å². The first-order valence-corrected chi connectivity index (χ1v) is 9.66. The summed E-state index contributed by atoms with van der Waals surface area (Å²) in [5.41, 5.74) is 2.77. The summed E-state index contributed by atoms with van der Waals surface area (Å²) in [5.74, 6) is -0.0261. The number of benzene rings is 3. The molecule has 1 aliphatic rings. The number of hydrogen-bond acceptors (Lipinski definition) is 2. The molecule has 3 aromatic rings. The zero-order valence-corrected chi connectivity index (χ0v) is 16.3. The van der Waals surface area contributed by atoms with Gasteiger partial charge in [0.1, 0.15) is 0 Å². The maximum Gasteiger partial charge on any atom is 0.242 e. The number of hydrazone groups is 1. The van der Waals surface area contributed by atoms with Gasteiger partial charge in [0.15, 0.2) is 0 Å². The van der Waals surface area contributed by atoms with Crippen molar-refractivity contribution in [3.63, 3.8) is 0 Å². The average molecular weight is 397 g/mol. The Hall–Kier alpha value is -2.36. The number of fused-ring (bicyclic) bond motifs is 1. The van der Waals surface area contributed by atoms with Crippen LogP contribution in [0.2, 0.25) is 10.0 Å². The largest absolute Gasteiger partial charge is 0.273 e. The van der Waals surface area contributed by atoms with E-state index in [1.807, 2.05) is 25.1 Å². The Labute approximate surface area is 168 Å². The second-order valence-corrected chi connectivity index (χ2v) is 7.43. The molecule has 0 aromatic heterocycles. The van der Waals surface area contributed by atoms with E-state index in [4.69, 9.17) is 23.2 Å². The van der Waals surface area contributed by atoms with Gasteiger partial charge in [-0.3, -0.25) is 4.79 Å². The predicted octanol–water partition coefficient (Wildman–Crippen LogP) is 6.23. The third kappa shape index (κ3) is 3.45. The molecular formula is C22H18Cl2N2O. The van der Waals surface area contributed by atoms with Crippen LogP contribution in [0.3, 0.4) is 0 Å². The lowest BCUT2D eigenvalue weighted by Gasteiger charge is -2.22. The topological polar surface area (TPSA) is 32.7 Å². The molecule has 3 aromatic carbocycles. The normalized spacial score (nSPS) is 16.6. The van der Waals surface area contributed by atoms with Crippen molar-refractivity contribution in [2.75, 3.05) is 0 Å². The molecule has 0 fully saturated rings. The minimum Gasteiger partial charge on any atom is -0.273 e. The van der Waals surface area contributed by atoms with Crippen molar-refractivity contribution in [1.82, 2.24) is 5.01 Å². The molecule has 27 heavy (non-hydrogen) atoms. The highest BCUT2D eigenvalue weighted by molar-refractivity contribution is 6.35. The number of rotatable bonds is 3. The van der Waals surface area contributed by atoms with Crippen molar-refractivity contribution >= 4 is 45.6 Å². The first-order valence-electron chi connectivity index (χ1n) is 8.90. The highest BCUT2D eigenvalue weighted by Crippen LogP contribution is 2.38. The Kier molecular flexibility index (Phi) is 4.90. The monoisotopic (exact) mass is 396 g/mol. The fourth-order valence-corrected chi connectivity index (χ4v) is 3.99. The number of carbonyl (C=O) groups excluding carboxylic acids is 1. The average Bonchev–Trinajstić information content (AvgIpc) is 3.12. The molecule has 1 amide bonds. The summed E-state index contributed by atoms with van der Waals surface area (Å²) in [6, 6.07) is 19.6. The summed E-state index contributed by atoms with van der Waals surface area (Å²) in [7, 11) is 0. The van der Waals surface area contributed by atoms with Gasteiger partial charge < -0.3 is 0 Å². The van der Waals surface area contributed by atoms with E-state index in [1.54, 1.807) is 17.1 Å². The Morgan fingerprint density at radius 3 is 2.59 bits per heavy atom. The summed E-state index contributed by atoms with van der Waals surface area (Å²) >= 11 is 12.5. The Balaban J connectivity index is 1.74. The summed E-state index contributed by atoms with van der Waals surface area (Å²) in [6.45, 7) is 1.84. The zero-order valence-electron chi connectivity index (χ0n) is 14.8. The number of amides is 1. The molecular weight excluding hydrogens is 379 g/mol. The minimum atomic E-state index is -0.219. The van der Waals surface area contributed by atoms with Crippen LogP contribution in [0.1, 0.15) is 36.9 Å². The third-order valence-electron chi connectivity index (χ3n) is 4.87. The quantitative estimate of drug-likeness (QED) is 0.515. The van der Waals surface area contributed by atoms with Gasteiger partial charge in [-0.15, -0.1) is 0 Å². The molecule has 0 saturated carbocycles. The first kappa shape index (κ1) is 18.0. The number of hydrogen-bond donors (Lipinski definition) is 0. The van der Waals surface area contributed by atoms with E-state index in [1.165, 1.54) is 5.39 Å². The van der Waals surface area contributed by atoms with Crippen LogP contribution in [0.4, 0.5) is 0 Å². The van der Waals surface area contributed by atoms with Gasteiger partial charge in [0.25, 0.3) is 0 Å². The van der Waals surface area contributed by atoms with Crippen LogP contribution in [0.25, 0.3) is 10.8 Å². The smallest absolute Gasteiger partial charge is 0.242 e. The van der Waals surface area contributed by atoms with Gasteiger partial charge >= 0.3 is 0 Å². The van der Waals surface area contributed by atoms with Gasteiger partial charge in [-0.05, 0) is 40.1 Å². The van der Waals surface area contributed by atoms with Gasteiger partial charge in [-0.2, -0.15) is 5.10 Å². The molecule has 1 unspecified atom stereocenters. The standard InChI is InChI=1S/C22H18Cl2N2O/c1-2-22(27)26-21(18-10-9-17(23)12-19(18)24)13-20(25-26)16-8-7-14-5-3-4-6-15(14)11-16/h3-12,21H,2,13H2,1H3. The fourth-order valence-electron chi connectivity index (χ4n) is 3.46. The van der Waals surface area contributed by atoms with Crippen LogP contribution in [-0.4, -0.2) is 16.6 Å². The van der Waals surface area contributed by atoms with Crippen LogP contribution < -0.4 is 0 Å². The number of halogens is 2. The molecule has 0 spiro atoms. The summed E-state index contributed by atoms with van der Waals surface area (Å²) in [4.78, 5) is 12.5. The van der Waals surface area contributed by atoms with Crippen molar-refractivity contribution in [2.45, 2.75) is 25.8 Å². The summed E-state index contributed by atoms with van der Waals surface area (Å²) < 4.78 is 0. The van der Waals surface area contributed by atoms with Crippen LogP contribution in [0.5, 0.6) is 0 Å². The maximum atomic E-state index is 12.5. The lowest BCUT2D eigenvalue weighted by molar-refractivity contribution is -0.132. The second kappa shape index (κ2) is 7.34. The summed E-state index contributed by atoms with van der Waals surface area (Å²) in [5, 5.41) is 9.69. The zero-order chi connectivity index (χ0) is 19.0. The lowest BCUT2D eigenvalue weighted by atomic mass is 9.97. The van der Waals surface area contributed by atoms with Crippen LogP contribution in [0.15, 0.2) is 65.8 Å². The van der Waals surface area contributed by atoms with Crippen molar-refractivity contribution < 1.29 is 4.79 Å². The lowest BCUT2D eigenvalue weighted by Crippen LogP contribution is -2.26. The van der Waals surface area contributed by atoms with Crippen LogP contribution in [-0.2, 0) is 4.79 Å². The van der Waals surface area contributed by atoms with Crippen molar-refractivity contribution in [1.29, 1.82) is 0 Å². The van der Waals surface area contributed by atoms with E-state index >= 15 is 0 Å². The predicted molar refractivity (Wildman–Crippen MR) is 111 cm³/mol. The van der Waals surface area contributed by atoms with Crippen molar-refractivity contribution in [3.05, 3.63) is 81.8 Å². The molecule has 4 rings (SSSR count). The van der Waals surface area contributed by atoms with Gasteiger partial charge in [-0.1, -0.05) is 72.6 Å². The second-order valence-electron chi connectivity index (χ2n) is 6.59. The van der Waals surface area contributed by atoms with Crippen LogP contribution >= 0.6 is 23.2 Å². The molecule has 0 bridgehead atoms. The SMILES string of the molecule is CCC(=O)N1N=C(c2ccc3ccccc3c2)CC1c1ccc(Cl)cc1Cl. The van der Waals surface area contributed by atoms with Crippen LogP contribution in [0, 0.1) is 0 Å². The molecule has 0 radical (unpaired) electrons. The maximum absolute atomic E-state index is 12.5. The Morgan fingerprint density at radius 2 is 1.85 bits per heavy atom. The third-order valence-corrected chi connectivity index (χ3v) is 5.43. The summed E-state index contributed by atoms with van der Waals surface area (Å²) in [6.07, 6.45) is 1.00. The van der Waals surface area contributed by atoms with E-state index in [2.05, 4.69) is 35.4 Å². The van der Waals surface area contributed by atoms with Crippen molar-refractivity contribution in [3.8, 4) is 0 Å². The highest BCUT2D eigenvalue weighted by Gasteiger charge is 2.33. The minimum absolute atomic E-state index is 0.0261. The van der Waals surface area contributed by atoms with E-state index in [0.29, 0.717) is 22.9 Å². The molecule has 1 aliphatic heterocycles. The molecule has 1 atom stereocenters. The number of nitrogens with zero attached hydrogens (tertiary/aromatic N) is 2. The molecule has 0 aliphatic carbocycles. The van der Waals surface area contributed by atoms with E-state index in [9.17, 15) is 4.79 Å². The van der Waals surface area contributed by atoms with Gasteiger partial charge in [-0.25, -0.2) is 5.01 Å². The van der Waals surface area contributed by atoms with E-state index in [0.717, 1.165) is 22.2 Å². The molecule has 3 nitrogen and oxygen atoms in total. The molecule has 5 heteroatoms. The van der Waals surface area contributed by atoms with Gasteiger partial charge in [0.05, 0.1) is 11.8 Å². The number of carbonyl (C=O) groups is 1. The fraction of sp³-hybridized carbons (Fsp3) is 0.182. The molecule has 0 N–H and O–H groups in total. The van der Waals surface area contributed by atoms with E-state index in [-0.39, 0.29) is 11.9 Å². The molecule has 136 valence electrons.